The molecule has 2 aliphatic rings. The predicted molar refractivity (Wildman–Crippen MR) is 110 cm³/mol. The van der Waals surface area contributed by atoms with Crippen LogP contribution in [0.3, 0.4) is 0 Å². The second-order valence-corrected chi connectivity index (χ2v) is 10.6. The summed E-state index contributed by atoms with van der Waals surface area (Å²) in [4.78, 5) is 2.74. The lowest BCUT2D eigenvalue weighted by molar-refractivity contribution is 0.0893. The molecule has 2 N–H and O–H groups in total. The van der Waals surface area contributed by atoms with Gasteiger partial charge < -0.3 is 5.32 Å². The van der Waals surface area contributed by atoms with Crippen LogP contribution < -0.4 is 10.0 Å². The smallest absolute Gasteiger partial charge is 0.209 e. The highest BCUT2D eigenvalue weighted by Gasteiger charge is 2.28. The van der Waals surface area contributed by atoms with Crippen LogP contribution in [0.1, 0.15) is 69.8 Å². The molecular formula is C19H33N3O2S2. The van der Waals surface area contributed by atoms with Crippen LogP contribution in [0.2, 0.25) is 0 Å². The van der Waals surface area contributed by atoms with Gasteiger partial charge in [-0.2, -0.15) is 0 Å². The van der Waals surface area contributed by atoms with E-state index in [9.17, 15) is 8.42 Å². The Kier molecular flexibility index (Phi) is 7.37. The third-order valence-electron chi connectivity index (χ3n) is 5.72. The van der Waals surface area contributed by atoms with Crippen LogP contribution in [-0.2, 0) is 16.6 Å². The van der Waals surface area contributed by atoms with Crippen molar-refractivity contribution in [3.63, 3.8) is 0 Å². The Labute approximate surface area is 162 Å². The maximum Gasteiger partial charge on any atom is 0.209 e. The average Bonchev–Trinajstić information content (AvgIpc) is 3.09. The third kappa shape index (κ3) is 6.22. The molecule has 2 fully saturated rings. The van der Waals surface area contributed by atoms with Crippen molar-refractivity contribution in [3.05, 3.63) is 17.0 Å². The molecule has 5 nitrogen and oxygen atoms in total. The van der Waals surface area contributed by atoms with Crippen LogP contribution in [0.15, 0.2) is 11.4 Å². The summed E-state index contributed by atoms with van der Waals surface area (Å²) in [6, 6.07) is 3.53. The Bertz CT molecular complexity index is 629. The zero-order valence-electron chi connectivity index (χ0n) is 15.9. The minimum atomic E-state index is -3.14. The topological polar surface area (TPSA) is 61.4 Å². The van der Waals surface area contributed by atoms with Gasteiger partial charge in [-0.05, 0) is 42.7 Å². The number of anilines is 1. The van der Waals surface area contributed by atoms with Gasteiger partial charge in [0.05, 0.1) is 17.9 Å². The molecule has 0 radical (unpaired) electrons. The van der Waals surface area contributed by atoms with Crippen LogP contribution in [0, 0.1) is 0 Å². The van der Waals surface area contributed by atoms with E-state index in [1.54, 1.807) is 11.3 Å². The average molecular weight is 400 g/mol. The summed E-state index contributed by atoms with van der Waals surface area (Å²) in [6.07, 6.45) is 14.8. The first-order valence-electron chi connectivity index (χ1n) is 10.0. The van der Waals surface area contributed by atoms with Crippen LogP contribution in [0.25, 0.3) is 0 Å². The monoisotopic (exact) mass is 399 g/mol. The maximum absolute atomic E-state index is 11.2. The van der Waals surface area contributed by atoms with E-state index in [0.717, 1.165) is 29.3 Å². The second kappa shape index (κ2) is 9.53. The molecule has 2 saturated carbocycles. The van der Waals surface area contributed by atoms with E-state index in [1.807, 2.05) is 5.38 Å². The number of nitrogens with zero attached hydrogens (tertiary/aromatic N) is 1. The zero-order valence-corrected chi connectivity index (χ0v) is 17.5. The normalized spacial score (nSPS) is 20.5. The molecule has 0 saturated heterocycles. The Morgan fingerprint density at radius 1 is 1.04 bits per heavy atom. The van der Waals surface area contributed by atoms with E-state index in [2.05, 4.69) is 21.0 Å². The number of hydrogen-bond acceptors (Lipinski definition) is 5. The summed E-state index contributed by atoms with van der Waals surface area (Å²) in [5.41, 5.74) is 1.02. The highest BCUT2D eigenvalue weighted by molar-refractivity contribution is 7.88. The standard InChI is InChI=1S/C19H33N3O2S2/c1-26(23,24)21-13-16-12-19(25-14-16)20-15-22(17-8-4-2-5-9-17)18-10-6-3-7-11-18/h12,14,17-18,20-21H,2-11,13,15H2,1H3. The Hall–Kier alpha value is -0.630. The van der Waals surface area contributed by atoms with Crippen molar-refractivity contribution in [1.82, 2.24) is 9.62 Å². The number of rotatable bonds is 8. The Morgan fingerprint density at radius 3 is 2.15 bits per heavy atom. The lowest BCUT2D eigenvalue weighted by Crippen LogP contribution is -2.47. The molecule has 148 valence electrons. The van der Waals surface area contributed by atoms with Gasteiger partial charge in [0, 0.05) is 18.6 Å². The molecule has 0 spiro atoms. The van der Waals surface area contributed by atoms with Crippen LogP contribution in [0.5, 0.6) is 0 Å². The molecule has 0 unspecified atom stereocenters. The second-order valence-electron chi connectivity index (χ2n) is 7.85. The van der Waals surface area contributed by atoms with Gasteiger partial charge in [-0.25, -0.2) is 13.1 Å². The maximum atomic E-state index is 11.2. The minimum Gasteiger partial charge on any atom is -0.364 e. The van der Waals surface area contributed by atoms with E-state index < -0.39 is 10.0 Å². The molecule has 0 aliphatic heterocycles. The van der Waals surface area contributed by atoms with Crippen molar-refractivity contribution in [2.75, 3.05) is 18.2 Å². The minimum absolute atomic E-state index is 0.367. The summed E-state index contributed by atoms with van der Waals surface area (Å²) in [5, 5.41) is 6.79. The first-order valence-corrected chi connectivity index (χ1v) is 12.8. The van der Waals surface area contributed by atoms with Gasteiger partial charge in [0.25, 0.3) is 0 Å². The van der Waals surface area contributed by atoms with E-state index in [4.69, 9.17) is 0 Å². The molecule has 0 bridgehead atoms. The van der Waals surface area contributed by atoms with Gasteiger partial charge >= 0.3 is 0 Å². The number of sulfonamides is 1. The fraction of sp³-hybridized carbons (Fsp3) is 0.789. The van der Waals surface area contributed by atoms with Crippen LogP contribution in [-0.4, -0.2) is 38.3 Å². The molecule has 1 heterocycles. The summed E-state index contributed by atoms with van der Waals surface area (Å²) in [5.74, 6) is 0. The molecule has 0 amide bonds. The van der Waals surface area contributed by atoms with Gasteiger partial charge in [-0.15, -0.1) is 11.3 Å². The zero-order chi connectivity index (χ0) is 18.4. The molecule has 1 aromatic heterocycles. The lowest BCUT2D eigenvalue weighted by Gasteiger charge is -2.41. The van der Waals surface area contributed by atoms with Crippen molar-refractivity contribution in [2.24, 2.45) is 0 Å². The summed E-state index contributed by atoms with van der Waals surface area (Å²) in [6.45, 7) is 1.28. The number of thiophene rings is 1. The summed E-state index contributed by atoms with van der Waals surface area (Å²) >= 11 is 1.66. The van der Waals surface area contributed by atoms with Crippen molar-refractivity contribution < 1.29 is 8.42 Å². The van der Waals surface area contributed by atoms with E-state index in [-0.39, 0.29) is 0 Å². The number of nitrogens with one attached hydrogen (secondary N) is 2. The van der Waals surface area contributed by atoms with E-state index in [0.29, 0.717) is 6.54 Å². The van der Waals surface area contributed by atoms with Crippen molar-refractivity contribution in [3.8, 4) is 0 Å². The van der Waals surface area contributed by atoms with Gasteiger partial charge in [-0.1, -0.05) is 38.5 Å². The molecule has 0 aromatic carbocycles. The quantitative estimate of drug-likeness (QED) is 0.645. The highest BCUT2D eigenvalue weighted by atomic mass is 32.2. The SMILES string of the molecule is CS(=O)(=O)NCc1csc(NCN(C2CCCCC2)C2CCCCC2)c1. The first kappa shape index (κ1) is 20.1. The predicted octanol–water partition coefficient (Wildman–Crippen LogP) is 4.13. The largest absolute Gasteiger partial charge is 0.364 e. The van der Waals surface area contributed by atoms with Crippen LogP contribution >= 0.6 is 11.3 Å². The Morgan fingerprint density at radius 2 is 1.62 bits per heavy atom. The molecular weight excluding hydrogens is 366 g/mol. The lowest BCUT2D eigenvalue weighted by atomic mass is 9.89. The number of hydrogen-bond donors (Lipinski definition) is 2. The summed E-state index contributed by atoms with van der Waals surface area (Å²) in [7, 11) is -3.14. The first-order chi connectivity index (χ1) is 12.5. The fourth-order valence-corrected chi connectivity index (χ4v) is 5.55. The fourth-order valence-electron chi connectivity index (χ4n) is 4.33. The van der Waals surface area contributed by atoms with Gasteiger partial charge in [-0.3, -0.25) is 4.90 Å². The van der Waals surface area contributed by atoms with E-state index in [1.165, 1.54) is 70.5 Å². The molecule has 7 heteroatoms. The van der Waals surface area contributed by atoms with Gasteiger partial charge in [0.2, 0.25) is 10.0 Å². The third-order valence-corrected chi connectivity index (χ3v) is 7.32. The van der Waals surface area contributed by atoms with Crippen molar-refractivity contribution >= 4 is 26.4 Å². The van der Waals surface area contributed by atoms with Gasteiger partial charge in [0.15, 0.2) is 0 Å². The molecule has 0 atom stereocenters. The van der Waals surface area contributed by atoms with E-state index >= 15 is 0 Å². The summed E-state index contributed by atoms with van der Waals surface area (Å²) < 4.78 is 25.1. The van der Waals surface area contributed by atoms with Crippen molar-refractivity contribution in [2.45, 2.75) is 82.8 Å². The molecule has 26 heavy (non-hydrogen) atoms. The van der Waals surface area contributed by atoms with Crippen LogP contribution in [0.4, 0.5) is 5.00 Å². The molecule has 1 aromatic rings. The molecule has 3 rings (SSSR count). The van der Waals surface area contributed by atoms with Gasteiger partial charge in [0.1, 0.15) is 0 Å². The molecule has 2 aliphatic carbocycles. The Balaban J connectivity index is 1.57. The highest BCUT2D eigenvalue weighted by Crippen LogP contribution is 2.30. The van der Waals surface area contributed by atoms with Crippen molar-refractivity contribution in [1.29, 1.82) is 0 Å².